The van der Waals surface area contributed by atoms with E-state index in [1.807, 2.05) is 0 Å². The van der Waals surface area contributed by atoms with Crippen molar-refractivity contribution in [3.05, 3.63) is 53.6 Å². The SMILES string of the molecule is C1=C(c2ccccc2)CC[N-]C1.CC(C)(C)OC(=O)Cn1n[c-]nn1.[W+2]. The van der Waals surface area contributed by atoms with Crippen molar-refractivity contribution in [2.24, 2.45) is 0 Å². The van der Waals surface area contributed by atoms with Gasteiger partial charge >= 0.3 is 27.0 Å². The van der Waals surface area contributed by atoms with Crippen molar-refractivity contribution >= 4 is 11.5 Å². The Morgan fingerprint density at radius 2 is 2.04 bits per heavy atom. The van der Waals surface area contributed by atoms with Gasteiger partial charge in [-0.3, -0.25) is 0 Å². The Kier molecular flexibility index (Phi) is 9.38. The minimum absolute atomic E-state index is 0. The van der Waals surface area contributed by atoms with E-state index in [-0.39, 0.29) is 33.6 Å². The summed E-state index contributed by atoms with van der Waals surface area (Å²) in [4.78, 5) is 12.3. The molecule has 0 unspecified atom stereocenters. The van der Waals surface area contributed by atoms with Crippen LogP contribution in [-0.2, 0) is 37.1 Å². The van der Waals surface area contributed by atoms with Gasteiger partial charge in [-0.2, -0.15) is 4.80 Å². The number of aromatic nitrogens is 4. The normalized spacial score (nSPS) is 13.6. The van der Waals surface area contributed by atoms with Gasteiger partial charge in [0.1, 0.15) is 5.60 Å². The molecular weight excluding hydrogens is 502 g/mol. The van der Waals surface area contributed by atoms with Crippen molar-refractivity contribution in [1.29, 1.82) is 0 Å². The molecule has 0 radical (unpaired) electrons. The summed E-state index contributed by atoms with van der Waals surface area (Å²) in [5.74, 6) is -0.390. The van der Waals surface area contributed by atoms with E-state index in [1.54, 1.807) is 20.8 Å². The second-order valence-electron chi connectivity index (χ2n) is 6.48. The molecule has 2 heterocycles. The van der Waals surface area contributed by atoms with Crippen LogP contribution < -0.4 is 0 Å². The number of nitrogens with zero attached hydrogens (tertiary/aromatic N) is 5. The van der Waals surface area contributed by atoms with E-state index >= 15 is 0 Å². The molecule has 7 nitrogen and oxygen atoms in total. The average Bonchev–Trinajstić information content (AvgIpc) is 3.08. The summed E-state index contributed by atoms with van der Waals surface area (Å²) in [5, 5.41) is 14.7. The Hall–Kier alpha value is -1.85. The van der Waals surface area contributed by atoms with E-state index < -0.39 is 5.60 Å². The van der Waals surface area contributed by atoms with E-state index in [9.17, 15) is 4.79 Å². The predicted molar refractivity (Wildman–Crippen MR) is 94.6 cm³/mol. The van der Waals surface area contributed by atoms with Gasteiger partial charge in [0.2, 0.25) is 0 Å². The van der Waals surface area contributed by atoms with Gasteiger partial charge in [0.25, 0.3) is 0 Å². The summed E-state index contributed by atoms with van der Waals surface area (Å²) in [7, 11) is 0. The van der Waals surface area contributed by atoms with E-state index in [1.165, 1.54) is 11.1 Å². The quantitative estimate of drug-likeness (QED) is 0.455. The molecule has 8 heteroatoms. The zero-order chi connectivity index (χ0) is 18.1. The molecule has 0 bridgehead atoms. The van der Waals surface area contributed by atoms with Gasteiger partial charge in [-0.1, -0.05) is 35.5 Å². The molecule has 3 rings (SSSR count). The molecule has 0 aliphatic carbocycles. The average molecular weight is 525 g/mol. The van der Waals surface area contributed by atoms with Gasteiger partial charge in [-0.05, 0) is 38.3 Å². The Balaban J connectivity index is 0.000000251. The van der Waals surface area contributed by atoms with Crippen molar-refractivity contribution in [2.45, 2.75) is 39.3 Å². The number of esters is 1. The topological polar surface area (TPSA) is 84.0 Å². The van der Waals surface area contributed by atoms with E-state index in [0.717, 1.165) is 24.3 Å². The number of carbonyl (C=O) groups excluding carboxylic acids is 1. The first-order valence-electron chi connectivity index (χ1n) is 8.17. The molecule has 0 N–H and O–H groups in total. The molecule has 0 saturated carbocycles. The van der Waals surface area contributed by atoms with Gasteiger partial charge < -0.3 is 20.3 Å². The van der Waals surface area contributed by atoms with Crippen molar-refractivity contribution in [3.8, 4) is 0 Å². The van der Waals surface area contributed by atoms with Crippen molar-refractivity contribution in [3.63, 3.8) is 0 Å². The molecule has 0 atom stereocenters. The van der Waals surface area contributed by atoms with Crippen LogP contribution in [0, 0.1) is 6.33 Å². The van der Waals surface area contributed by atoms with Crippen molar-refractivity contribution in [2.75, 3.05) is 13.1 Å². The molecule has 0 saturated heterocycles. The standard InChI is InChI=1S/C11H12N.C7H11N4O2.W/c1-2-4-10(5-3-1)11-6-8-12-9-7-11;1-7(2,3)13-6(12)4-11-9-5-8-10-11;/h1-6H,7-9H2;4H2,1-3H3;/q2*-1;+2. The number of benzene rings is 1. The third-order valence-corrected chi connectivity index (χ3v) is 3.19. The molecule has 1 aromatic carbocycles. The zero-order valence-corrected chi connectivity index (χ0v) is 18.2. The molecule has 0 fully saturated rings. The van der Waals surface area contributed by atoms with Crippen LogP contribution in [0.2, 0.25) is 0 Å². The Labute approximate surface area is 168 Å². The van der Waals surface area contributed by atoms with E-state index in [4.69, 9.17) is 4.74 Å². The Morgan fingerprint density at radius 3 is 2.58 bits per heavy atom. The largest absolute Gasteiger partial charge is 2.00 e. The molecule has 0 amide bonds. The number of ether oxygens (including phenoxy) is 1. The summed E-state index contributed by atoms with van der Waals surface area (Å²) in [5.41, 5.74) is 2.32. The van der Waals surface area contributed by atoms with Crippen LogP contribution in [-0.4, -0.2) is 44.9 Å². The van der Waals surface area contributed by atoms with Crippen LogP contribution in [0.5, 0.6) is 0 Å². The predicted octanol–water partition coefficient (Wildman–Crippen LogP) is 2.66. The summed E-state index contributed by atoms with van der Waals surface area (Å²) in [6.07, 6.45) is 5.56. The fraction of sp³-hybridized carbons (Fsp3) is 0.444. The minimum Gasteiger partial charge on any atom is -0.659 e. The number of hydrogen-bond donors (Lipinski definition) is 0. The third kappa shape index (κ3) is 8.49. The molecular formula is C18H23N5O2W. The van der Waals surface area contributed by atoms with E-state index in [0.29, 0.717) is 0 Å². The van der Waals surface area contributed by atoms with Crippen LogP contribution in [0.1, 0.15) is 32.8 Å². The van der Waals surface area contributed by atoms with Gasteiger partial charge in [0, 0.05) is 0 Å². The smallest absolute Gasteiger partial charge is 0.659 e. The van der Waals surface area contributed by atoms with Gasteiger partial charge in [0.05, 0.1) is 0 Å². The monoisotopic (exact) mass is 525 g/mol. The van der Waals surface area contributed by atoms with Crippen LogP contribution in [0.4, 0.5) is 0 Å². The summed E-state index contributed by atoms with van der Waals surface area (Å²) in [6, 6.07) is 10.6. The maximum atomic E-state index is 11.2. The first-order valence-corrected chi connectivity index (χ1v) is 8.17. The molecule has 138 valence electrons. The van der Waals surface area contributed by atoms with Crippen molar-refractivity contribution < 1.29 is 30.6 Å². The number of tetrazole rings is 1. The Bertz CT molecular complexity index is 681. The van der Waals surface area contributed by atoms with Gasteiger partial charge in [0.15, 0.2) is 6.54 Å². The second kappa shape index (κ2) is 11.0. The van der Waals surface area contributed by atoms with E-state index in [2.05, 4.69) is 63.5 Å². The summed E-state index contributed by atoms with van der Waals surface area (Å²) < 4.78 is 5.03. The molecule has 2 aromatic rings. The fourth-order valence-electron chi connectivity index (χ4n) is 2.20. The second-order valence-corrected chi connectivity index (χ2v) is 6.48. The van der Waals surface area contributed by atoms with Crippen LogP contribution in [0.15, 0.2) is 36.4 Å². The Morgan fingerprint density at radius 1 is 1.31 bits per heavy atom. The fourth-order valence-corrected chi connectivity index (χ4v) is 2.20. The first kappa shape index (κ1) is 22.2. The molecule has 1 aliphatic rings. The number of rotatable bonds is 3. The maximum absolute atomic E-state index is 11.2. The minimum atomic E-state index is -0.485. The number of hydrogen-bond acceptors (Lipinski definition) is 5. The summed E-state index contributed by atoms with van der Waals surface area (Å²) in [6.45, 7) is 7.24. The van der Waals surface area contributed by atoms with Crippen LogP contribution in [0.25, 0.3) is 10.9 Å². The molecule has 0 spiro atoms. The first-order chi connectivity index (χ1) is 11.9. The number of carbonyl (C=O) groups is 1. The van der Waals surface area contributed by atoms with Gasteiger partial charge in [-0.15, -0.1) is 19.2 Å². The van der Waals surface area contributed by atoms with Crippen molar-refractivity contribution in [1.82, 2.24) is 20.2 Å². The molecule has 1 aromatic heterocycles. The summed E-state index contributed by atoms with van der Waals surface area (Å²) >= 11 is 0. The van der Waals surface area contributed by atoms with Crippen LogP contribution in [0.3, 0.4) is 0 Å². The maximum Gasteiger partial charge on any atom is 2.00 e. The zero-order valence-electron chi connectivity index (χ0n) is 15.3. The van der Waals surface area contributed by atoms with Crippen LogP contribution >= 0.6 is 0 Å². The third-order valence-electron chi connectivity index (χ3n) is 3.19. The molecule has 1 aliphatic heterocycles. The molecule has 26 heavy (non-hydrogen) atoms. The van der Waals surface area contributed by atoms with Gasteiger partial charge in [-0.25, -0.2) is 11.1 Å².